The van der Waals surface area contributed by atoms with Crippen molar-refractivity contribution in [2.24, 2.45) is 11.3 Å². The van der Waals surface area contributed by atoms with Crippen LogP contribution in [-0.4, -0.2) is 24.8 Å². The van der Waals surface area contributed by atoms with Gasteiger partial charge in [0, 0.05) is 4.47 Å². The number of halogens is 1. The molecule has 6 heteroatoms. The Bertz CT molecular complexity index is 605. The Balaban J connectivity index is 2.39. The molecule has 5 nitrogen and oxygen atoms in total. The number of ketones is 1. The number of ether oxygens (including phenoxy) is 2. The maximum Gasteiger partial charge on any atom is 0.319 e. The van der Waals surface area contributed by atoms with Crippen LogP contribution in [0.5, 0.6) is 0 Å². The van der Waals surface area contributed by atoms with E-state index in [-0.39, 0.29) is 12.2 Å². The Labute approximate surface area is 137 Å². The van der Waals surface area contributed by atoms with E-state index in [1.165, 1.54) is 21.0 Å². The summed E-state index contributed by atoms with van der Waals surface area (Å²) in [6.07, 6.45) is -0.896. The van der Waals surface area contributed by atoms with Gasteiger partial charge in [0.2, 0.25) is 0 Å². The number of rotatable bonds is 3. The van der Waals surface area contributed by atoms with Crippen molar-refractivity contribution in [2.45, 2.75) is 26.4 Å². The van der Waals surface area contributed by atoms with Crippen molar-refractivity contribution in [1.82, 2.24) is 0 Å². The number of Topliss-reactive ketones (excluding diaryl/α,β-unsaturated/α-hetero) is 1. The first-order chi connectivity index (χ1) is 10.3. The molecule has 0 unspecified atom stereocenters. The summed E-state index contributed by atoms with van der Waals surface area (Å²) in [5.41, 5.74) is -0.584. The fourth-order valence-electron chi connectivity index (χ4n) is 2.46. The molecule has 0 saturated carbocycles. The van der Waals surface area contributed by atoms with Crippen LogP contribution in [-0.2, 0) is 23.9 Å². The van der Waals surface area contributed by atoms with Gasteiger partial charge in [-0.1, -0.05) is 28.1 Å². The van der Waals surface area contributed by atoms with Gasteiger partial charge in [0.25, 0.3) is 0 Å². The van der Waals surface area contributed by atoms with E-state index < -0.39 is 29.4 Å². The lowest BCUT2D eigenvalue weighted by Gasteiger charge is -2.37. The summed E-state index contributed by atoms with van der Waals surface area (Å²) in [5, 5.41) is 0. The van der Waals surface area contributed by atoms with E-state index in [1.54, 1.807) is 24.3 Å². The maximum absolute atomic E-state index is 12.6. The quantitative estimate of drug-likeness (QED) is 0.605. The van der Waals surface area contributed by atoms with Crippen LogP contribution in [0.15, 0.2) is 28.7 Å². The van der Waals surface area contributed by atoms with Crippen LogP contribution in [0.4, 0.5) is 0 Å². The van der Waals surface area contributed by atoms with Gasteiger partial charge in [-0.05, 0) is 31.5 Å². The van der Waals surface area contributed by atoms with Gasteiger partial charge in [-0.3, -0.25) is 14.4 Å². The second-order valence-electron chi connectivity index (χ2n) is 5.75. The van der Waals surface area contributed by atoms with E-state index in [4.69, 9.17) is 4.74 Å². The van der Waals surface area contributed by atoms with E-state index in [0.717, 1.165) is 4.47 Å². The highest BCUT2D eigenvalue weighted by Gasteiger charge is 2.51. The highest BCUT2D eigenvalue weighted by Crippen LogP contribution is 2.41. The minimum absolute atomic E-state index is 0.118. The average Bonchev–Trinajstić information content (AvgIpc) is 2.49. The fraction of sp³-hybridized carbons (Fsp3) is 0.438. The lowest BCUT2D eigenvalue weighted by atomic mass is 9.74. The van der Waals surface area contributed by atoms with Crippen molar-refractivity contribution in [2.75, 3.05) is 7.11 Å². The molecule has 1 fully saturated rings. The van der Waals surface area contributed by atoms with Crippen molar-refractivity contribution in [3.05, 3.63) is 34.3 Å². The minimum atomic E-state index is -1.26. The second-order valence-corrected chi connectivity index (χ2v) is 6.67. The molecular formula is C16H17BrO5. The van der Waals surface area contributed by atoms with Gasteiger partial charge in [0.15, 0.2) is 5.78 Å². The molecule has 118 valence electrons. The molecule has 0 amide bonds. The summed E-state index contributed by atoms with van der Waals surface area (Å²) in [6, 6.07) is 7.11. The van der Waals surface area contributed by atoms with Crippen LogP contribution in [0.25, 0.3) is 0 Å². The SMILES string of the molecule is COC(=O)C[C@H]1C(=O)C(C)(C)C(=O)O[C@@H]1c1ccc(Br)cc1. The number of esters is 2. The molecule has 0 N–H and O–H groups in total. The number of methoxy groups -OCH3 is 1. The van der Waals surface area contributed by atoms with E-state index in [0.29, 0.717) is 5.56 Å². The topological polar surface area (TPSA) is 69.7 Å². The Kier molecular flexibility index (Phi) is 4.70. The van der Waals surface area contributed by atoms with Gasteiger partial charge in [0.1, 0.15) is 11.5 Å². The highest BCUT2D eigenvalue weighted by molar-refractivity contribution is 9.10. The Morgan fingerprint density at radius 2 is 1.86 bits per heavy atom. The van der Waals surface area contributed by atoms with Crippen molar-refractivity contribution in [1.29, 1.82) is 0 Å². The fourth-order valence-corrected chi connectivity index (χ4v) is 2.73. The van der Waals surface area contributed by atoms with Gasteiger partial charge in [-0.2, -0.15) is 0 Å². The van der Waals surface area contributed by atoms with Crippen molar-refractivity contribution >= 4 is 33.7 Å². The van der Waals surface area contributed by atoms with Crippen molar-refractivity contribution < 1.29 is 23.9 Å². The summed E-state index contributed by atoms with van der Waals surface area (Å²) >= 11 is 3.33. The van der Waals surface area contributed by atoms with Crippen LogP contribution < -0.4 is 0 Å². The molecule has 0 aliphatic carbocycles. The standard InChI is InChI=1S/C16H17BrO5/c1-16(2)14(19)11(8-12(18)21-3)13(22-15(16)20)9-4-6-10(17)7-5-9/h4-7,11,13H,8H2,1-3H3/t11-,13-/m1/s1. The molecule has 2 atom stereocenters. The number of carbonyl (C=O) groups is 3. The van der Waals surface area contributed by atoms with Crippen LogP contribution in [0.2, 0.25) is 0 Å². The van der Waals surface area contributed by atoms with Crippen LogP contribution in [0.3, 0.4) is 0 Å². The predicted molar refractivity (Wildman–Crippen MR) is 81.9 cm³/mol. The van der Waals surface area contributed by atoms with Crippen LogP contribution in [0, 0.1) is 11.3 Å². The molecule has 0 aromatic heterocycles. The van der Waals surface area contributed by atoms with E-state index in [1.807, 2.05) is 0 Å². The number of cyclic esters (lactones) is 1. The first-order valence-corrected chi connectivity index (χ1v) is 7.64. The van der Waals surface area contributed by atoms with E-state index in [9.17, 15) is 14.4 Å². The molecule has 0 radical (unpaired) electrons. The Hall–Kier alpha value is -1.69. The zero-order valence-corrected chi connectivity index (χ0v) is 14.2. The first kappa shape index (κ1) is 16.7. The third-order valence-electron chi connectivity index (χ3n) is 3.88. The minimum Gasteiger partial charge on any atom is -0.469 e. The summed E-state index contributed by atoms with van der Waals surface area (Å²) in [4.78, 5) is 36.4. The third kappa shape index (κ3) is 3.06. The monoisotopic (exact) mass is 368 g/mol. The summed E-state index contributed by atoms with van der Waals surface area (Å²) in [6.45, 7) is 3.03. The number of hydrogen-bond acceptors (Lipinski definition) is 5. The maximum atomic E-state index is 12.6. The number of carbonyl (C=O) groups excluding carboxylic acids is 3. The normalized spacial score (nSPS) is 23.8. The lowest BCUT2D eigenvalue weighted by Crippen LogP contribution is -2.48. The summed E-state index contributed by atoms with van der Waals surface area (Å²) in [5.74, 6) is -2.14. The lowest BCUT2D eigenvalue weighted by molar-refractivity contribution is -0.181. The van der Waals surface area contributed by atoms with Gasteiger partial charge in [0.05, 0.1) is 19.4 Å². The van der Waals surface area contributed by atoms with Crippen molar-refractivity contribution in [3.8, 4) is 0 Å². The molecule has 1 aromatic rings. The molecular weight excluding hydrogens is 352 g/mol. The molecule has 0 spiro atoms. The predicted octanol–water partition coefficient (Wildman–Crippen LogP) is 2.82. The molecule has 22 heavy (non-hydrogen) atoms. The molecule has 1 aromatic carbocycles. The van der Waals surface area contributed by atoms with Gasteiger partial charge in [-0.15, -0.1) is 0 Å². The van der Waals surface area contributed by atoms with Crippen molar-refractivity contribution in [3.63, 3.8) is 0 Å². The first-order valence-electron chi connectivity index (χ1n) is 6.85. The van der Waals surface area contributed by atoms with Crippen LogP contribution >= 0.6 is 15.9 Å². The third-order valence-corrected chi connectivity index (χ3v) is 4.40. The summed E-state index contributed by atoms with van der Waals surface area (Å²) in [7, 11) is 1.27. The Morgan fingerprint density at radius 3 is 2.41 bits per heavy atom. The van der Waals surface area contributed by atoms with E-state index >= 15 is 0 Å². The zero-order chi connectivity index (χ0) is 16.5. The smallest absolute Gasteiger partial charge is 0.319 e. The van der Waals surface area contributed by atoms with E-state index in [2.05, 4.69) is 20.7 Å². The van der Waals surface area contributed by atoms with Crippen LogP contribution in [0.1, 0.15) is 31.9 Å². The molecule has 2 rings (SSSR count). The summed E-state index contributed by atoms with van der Waals surface area (Å²) < 4.78 is 11.0. The molecule has 0 bridgehead atoms. The highest BCUT2D eigenvalue weighted by atomic mass is 79.9. The second kappa shape index (κ2) is 6.20. The van der Waals surface area contributed by atoms with Gasteiger partial charge < -0.3 is 9.47 Å². The number of benzene rings is 1. The molecule has 1 aliphatic heterocycles. The largest absolute Gasteiger partial charge is 0.469 e. The average molecular weight is 369 g/mol. The number of hydrogen-bond donors (Lipinski definition) is 0. The van der Waals surface area contributed by atoms with Gasteiger partial charge in [-0.25, -0.2) is 0 Å². The molecule has 1 saturated heterocycles. The Morgan fingerprint density at radius 1 is 1.27 bits per heavy atom. The molecule has 1 aliphatic rings. The molecule has 1 heterocycles. The van der Waals surface area contributed by atoms with Gasteiger partial charge >= 0.3 is 11.9 Å². The zero-order valence-electron chi connectivity index (χ0n) is 12.6.